The first-order valence-electron chi connectivity index (χ1n) is 3.22. The van der Waals surface area contributed by atoms with Gasteiger partial charge in [0.25, 0.3) is 0 Å². The normalized spacial score (nSPS) is 10.5. The standard InChI is InChI=1S/C7H9N3/c1-2-3-9-7-6-8-4-5-10-7/h3-6H,2H2,1H3. The Labute approximate surface area is 59.9 Å². The van der Waals surface area contributed by atoms with Crippen molar-refractivity contribution in [2.24, 2.45) is 4.99 Å². The SMILES string of the molecule is CCC=Nc1cnccn1. The number of hydrogen-bond acceptors (Lipinski definition) is 3. The predicted molar refractivity (Wildman–Crippen MR) is 40.5 cm³/mol. The number of aromatic nitrogens is 2. The topological polar surface area (TPSA) is 38.1 Å². The monoisotopic (exact) mass is 135 g/mol. The Balaban J connectivity index is 2.67. The molecular formula is C7H9N3. The van der Waals surface area contributed by atoms with Gasteiger partial charge in [-0.15, -0.1) is 0 Å². The van der Waals surface area contributed by atoms with E-state index in [1.54, 1.807) is 18.6 Å². The first-order valence-corrected chi connectivity index (χ1v) is 3.22. The fourth-order valence-electron chi connectivity index (χ4n) is 0.543. The van der Waals surface area contributed by atoms with E-state index in [4.69, 9.17) is 0 Å². The lowest BCUT2D eigenvalue weighted by Crippen LogP contribution is -1.75. The van der Waals surface area contributed by atoms with Gasteiger partial charge in [-0.25, -0.2) is 9.98 Å². The maximum Gasteiger partial charge on any atom is 0.170 e. The fourth-order valence-corrected chi connectivity index (χ4v) is 0.543. The molecule has 0 aromatic carbocycles. The van der Waals surface area contributed by atoms with Gasteiger partial charge < -0.3 is 0 Å². The number of nitrogens with zero attached hydrogens (tertiary/aromatic N) is 3. The number of hydrogen-bond donors (Lipinski definition) is 0. The van der Waals surface area contributed by atoms with Crippen LogP contribution in [0.4, 0.5) is 5.82 Å². The number of aliphatic imine (C=N–C) groups is 1. The zero-order valence-electron chi connectivity index (χ0n) is 5.86. The van der Waals surface area contributed by atoms with Crippen LogP contribution >= 0.6 is 0 Å². The predicted octanol–water partition coefficient (Wildman–Crippen LogP) is 1.59. The molecule has 0 atom stereocenters. The van der Waals surface area contributed by atoms with E-state index in [0.717, 1.165) is 6.42 Å². The molecule has 1 heterocycles. The van der Waals surface area contributed by atoms with Crippen molar-refractivity contribution in [3.8, 4) is 0 Å². The van der Waals surface area contributed by atoms with E-state index in [9.17, 15) is 0 Å². The molecule has 0 bridgehead atoms. The molecule has 0 saturated heterocycles. The summed E-state index contributed by atoms with van der Waals surface area (Å²) in [6.07, 6.45) is 7.63. The van der Waals surface area contributed by atoms with Crippen LogP contribution in [0.1, 0.15) is 13.3 Å². The van der Waals surface area contributed by atoms with E-state index in [0.29, 0.717) is 5.82 Å². The first kappa shape index (κ1) is 6.86. The van der Waals surface area contributed by atoms with Crippen LogP contribution in [-0.4, -0.2) is 16.2 Å². The maximum absolute atomic E-state index is 4.03. The van der Waals surface area contributed by atoms with Crippen molar-refractivity contribution in [1.29, 1.82) is 0 Å². The van der Waals surface area contributed by atoms with Crippen LogP contribution in [0.25, 0.3) is 0 Å². The molecule has 0 amide bonds. The molecule has 1 rings (SSSR count). The summed E-state index contributed by atoms with van der Waals surface area (Å²) in [5.74, 6) is 0.671. The minimum Gasteiger partial charge on any atom is -0.259 e. The summed E-state index contributed by atoms with van der Waals surface area (Å²) in [5, 5.41) is 0. The van der Waals surface area contributed by atoms with Gasteiger partial charge in [0, 0.05) is 18.6 Å². The van der Waals surface area contributed by atoms with Crippen molar-refractivity contribution in [2.45, 2.75) is 13.3 Å². The van der Waals surface area contributed by atoms with Crippen LogP contribution in [0.5, 0.6) is 0 Å². The molecule has 10 heavy (non-hydrogen) atoms. The molecule has 0 unspecified atom stereocenters. The van der Waals surface area contributed by atoms with Crippen LogP contribution < -0.4 is 0 Å². The molecule has 0 radical (unpaired) electrons. The van der Waals surface area contributed by atoms with Gasteiger partial charge in [-0.3, -0.25) is 4.98 Å². The van der Waals surface area contributed by atoms with E-state index in [2.05, 4.69) is 15.0 Å². The second-order valence-electron chi connectivity index (χ2n) is 1.78. The molecule has 0 fully saturated rings. The summed E-state index contributed by atoms with van der Waals surface area (Å²) in [7, 11) is 0. The van der Waals surface area contributed by atoms with Gasteiger partial charge in [-0.1, -0.05) is 6.92 Å². The average molecular weight is 135 g/mol. The van der Waals surface area contributed by atoms with Gasteiger partial charge in [-0.05, 0) is 6.42 Å². The smallest absolute Gasteiger partial charge is 0.170 e. The van der Waals surface area contributed by atoms with Crippen molar-refractivity contribution in [2.75, 3.05) is 0 Å². The van der Waals surface area contributed by atoms with E-state index in [1.807, 2.05) is 13.1 Å². The minimum atomic E-state index is 0.671. The largest absolute Gasteiger partial charge is 0.259 e. The van der Waals surface area contributed by atoms with Gasteiger partial charge in [0.05, 0.1) is 6.20 Å². The van der Waals surface area contributed by atoms with Gasteiger partial charge in [-0.2, -0.15) is 0 Å². The van der Waals surface area contributed by atoms with E-state index < -0.39 is 0 Å². The highest BCUT2D eigenvalue weighted by molar-refractivity contribution is 5.60. The van der Waals surface area contributed by atoms with E-state index in [-0.39, 0.29) is 0 Å². The molecule has 0 N–H and O–H groups in total. The summed E-state index contributed by atoms with van der Waals surface area (Å²) in [6, 6.07) is 0. The molecular weight excluding hydrogens is 126 g/mol. The Morgan fingerprint density at radius 3 is 3.10 bits per heavy atom. The lowest BCUT2D eigenvalue weighted by molar-refractivity contribution is 1.17. The average Bonchev–Trinajstić information content (AvgIpc) is 2.03. The van der Waals surface area contributed by atoms with Crippen LogP contribution in [0, 0.1) is 0 Å². The summed E-state index contributed by atoms with van der Waals surface area (Å²) >= 11 is 0. The zero-order chi connectivity index (χ0) is 7.23. The van der Waals surface area contributed by atoms with Gasteiger partial charge in [0.2, 0.25) is 0 Å². The number of rotatable bonds is 2. The molecule has 0 saturated carbocycles. The molecule has 52 valence electrons. The summed E-state index contributed by atoms with van der Waals surface area (Å²) in [5.41, 5.74) is 0. The van der Waals surface area contributed by atoms with Crippen LogP contribution in [0.15, 0.2) is 23.6 Å². The molecule has 0 spiro atoms. The van der Waals surface area contributed by atoms with Crippen LogP contribution in [0.2, 0.25) is 0 Å². The fraction of sp³-hybridized carbons (Fsp3) is 0.286. The highest BCUT2D eigenvalue weighted by Gasteiger charge is 1.82. The molecule has 1 aromatic heterocycles. The summed E-state index contributed by atoms with van der Waals surface area (Å²) in [6.45, 7) is 2.03. The maximum atomic E-state index is 4.03. The minimum absolute atomic E-state index is 0.671. The lowest BCUT2D eigenvalue weighted by Gasteiger charge is -1.86. The second-order valence-corrected chi connectivity index (χ2v) is 1.78. The van der Waals surface area contributed by atoms with Crippen molar-refractivity contribution in [1.82, 2.24) is 9.97 Å². The first-order chi connectivity index (χ1) is 4.93. The molecule has 1 aromatic rings. The van der Waals surface area contributed by atoms with Crippen LogP contribution in [-0.2, 0) is 0 Å². The Bertz CT molecular complexity index is 205. The van der Waals surface area contributed by atoms with Crippen molar-refractivity contribution >= 4 is 12.0 Å². The Hall–Kier alpha value is -1.25. The highest BCUT2D eigenvalue weighted by atomic mass is 14.9. The van der Waals surface area contributed by atoms with Crippen molar-refractivity contribution < 1.29 is 0 Å². The highest BCUT2D eigenvalue weighted by Crippen LogP contribution is 2.00. The quantitative estimate of drug-likeness (QED) is 0.577. The van der Waals surface area contributed by atoms with Crippen molar-refractivity contribution in [3.05, 3.63) is 18.6 Å². The summed E-state index contributed by atoms with van der Waals surface area (Å²) < 4.78 is 0. The Kier molecular flexibility index (Phi) is 2.55. The van der Waals surface area contributed by atoms with E-state index >= 15 is 0 Å². The third kappa shape index (κ3) is 1.93. The lowest BCUT2D eigenvalue weighted by atomic mass is 10.5. The Morgan fingerprint density at radius 2 is 2.50 bits per heavy atom. The van der Waals surface area contributed by atoms with Gasteiger partial charge in [0.1, 0.15) is 0 Å². The molecule has 3 heteroatoms. The van der Waals surface area contributed by atoms with Gasteiger partial charge >= 0.3 is 0 Å². The molecule has 3 nitrogen and oxygen atoms in total. The second kappa shape index (κ2) is 3.71. The van der Waals surface area contributed by atoms with Gasteiger partial charge in [0.15, 0.2) is 5.82 Å². The third-order valence-corrected chi connectivity index (χ3v) is 0.956. The molecule has 0 aliphatic carbocycles. The molecule has 0 aliphatic rings. The van der Waals surface area contributed by atoms with Crippen molar-refractivity contribution in [3.63, 3.8) is 0 Å². The summed E-state index contributed by atoms with van der Waals surface area (Å²) in [4.78, 5) is 11.8. The molecule has 0 aliphatic heterocycles. The third-order valence-electron chi connectivity index (χ3n) is 0.956. The van der Waals surface area contributed by atoms with E-state index in [1.165, 1.54) is 0 Å². The zero-order valence-corrected chi connectivity index (χ0v) is 5.86. The Morgan fingerprint density at radius 1 is 1.60 bits per heavy atom. The van der Waals surface area contributed by atoms with Crippen LogP contribution in [0.3, 0.4) is 0 Å².